The minimum atomic E-state index is -2.80. The highest BCUT2D eigenvalue weighted by atomic mass is 19.1. The van der Waals surface area contributed by atoms with E-state index in [0.717, 1.165) is 25.9 Å². The van der Waals surface area contributed by atoms with E-state index in [1.807, 2.05) is 0 Å². The summed E-state index contributed by atoms with van der Waals surface area (Å²) in [6.45, 7) is 2.07. The Balaban J connectivity index is 1.51. The molecule has 12 heteroatoms. The standard InChI is InChI=1S/C26H29FN4O7/c27-17-10-7-9-8-11-18(28)21(33)16(25(29)37)24(36)26(11,38)23(35)13(9)20(32)14(10)22(34)19-15(17)12(3-4-30-19)31-5-1-2-6-31/h9,11-12,18,30,33-35,38H,1-8,28H2,(H2,29,37)/t9-,11-,12?,18-,26-/m0/s1. The Kier molecular flexibility index (Phi) is 5.40. The number of fused-ring (bicyclic) bond motifs is 4. The first kappa shape index (κ1) is 24.8. The summed E-state index contributed by atoms with van der Waals surface area (Å²) in [5.74, 6) is -8.70. The fourth-order valence-electron chi connectivity index (χ4n) is 7.22. The lowest BCUT2D eigenvalue weighted by Gasteiger charge is -2.48. The Labute approximate surface area is 216 Å². The van der Waals surface area contributed by atoms with Crippen LogP contribution in [0.5, 0.6) is 5.75 Å². The van der Waals surface area contributed by atoms with Gasteiger partial charge < -0.3 is 37.2 Å². The number of carbonyl (C=O) groups excluding carboxylic acids is 3. The molecule has 0 spiro atoms. The van der Waals surface area contributed by atoms with Gasteiger partial charge in [-0.05, 0) is 51.1 Å². The van der Waals surface area contributed by atoms with Crippen molar-refractivity contribution in [2.45, 2.75) is 49.8 Å². The first-order valence-corrected chi connectivity index (χ1v) is 12.8. The van der Waals surface area contributed by atoms with Gasteiger partial charge in [0.05, 0.1) is 17.3 Å². The molecule has 1 unspecified atom stereocenters. The number of Topliss-reactive ketones (excluding diaryl/α,β-unsaturated/α-hetero) is 2. The average Bonchev–Trinajstić information content (AvgIpc) is 3.42. The zero-order valence-electron chi connectivity index (χ0n) is 20.5. The van der Waals surface area contributed by atoms with E-state index in [0.29, 0.717) is 18.5 Å². The van der Waals surface area contributed by atoms with Crippen molar-refractivity contribution in [3.05, 3.63) is 45.2 Å². The number of aliphatic hydroxyl groups is 3. The molecular weight excluding hydrogens is 499 g/mol. The van der Waals surface area contributed by atoms with E-state index in [-0.39, 0.29) is 41.3 Å². The van der Waals surface area contributed by atoms with Gasteiger partial charge in [-0.25, -0.2) is 4.39 Å². The number of phenols is 1. The van der Waals surface area contributed by atoms with Gasteiger partial charge in [-0.2, -0.15) is 0 Å². The second-order valence-corrected chi connectivity index (χ2v) is 10.9. The fraction of sp³-hybridized carbons (Fsp3) is 0.500. The summed E-state index contributed by atoms with van der Waals surface area (Å²) in [4.78, 5) is 40.9. The molecule has 0 bridgehead atoms. The van der Waals surface area contributed by atoms with Gasteiger partial charge in [0.25, 0.3) is 5.91 Å². The molecular formula is C26H29FN4O7. The summed E-state index contributed by atoms with van der Waals surface area (Å²) >= 11 is 0. The van der Waals surface area contributed by atoms with E-state index >= 15 is 4.39 Å². The fourth-order valence-corrected chi connectivity index (χ4v) is 7.22. The van der Waals surface area contributed by atoms with Crippen molar-refractivity contribution in [1.29, 1.82) is 0 Å². The maximum absolute atomic E-state index is 16.3. The van der Waals surface area contributed by atoms with Gasteiger partial charge in [0.15, 0.2) is 17.1 Å². The largest absolute Gasteiger partial charge is 0.510 e. The van der Waals surface area contributed by atoms with Gasteiger partial charge in [-0.3, -0.25) is 19.3 Å². The highest BCUT2D eigenvalue weighted by Crippen LogP contribution is 2.54. The molecule has 1 saturated heterocycles. The lowest BCUT2D eigenvalue weighted by Crippen LogP contribution is -2.63. The number of benzene rings is 1. The molecule has 2 heterocycles. The molecule has 0 aromatic heterocycles. The van der Waals surface area contributed by atoms with Crippen LogP contribution in [0.4, 0.5) is 10.1 Å². The number of carbonyl (C=O) groups is 3. The number of likely N-dealkylation sites (tertiary alicyclic amines) is 1. The number of ketones is 2. The third-order valence-electron chi connectivity index (χ3n) is 9.03. The molecule has 9 N–H and O–H groups in total. The monoisotopic (exact) mass is 528 g/mol. The molecule has 38 heavy (non-hydrogen) atoms. The van der Waals surface area contributed by atoms with Crippen LogP contribution >= 0.6 is 0 Å². The molecule has 0 radical (unpaired) electrons. The summed E-state index contributed by atoms with van der Waals surface area (Å²) in [5, 5.41) is 47.3. The Hall–Kier alpha value is -3.48. The maximum Gasteiger partial charge on any atom is 0.255 e. The van der Waals surface area contributed by atoms with Crippen LogP contribution in [0.2, 0.25) is 0 Å². The highest BCUT2D eigenvalue weighted by Gasteiger charge is 2.62. The van der Waals surface area contributed by atoms with Crippen LogP contribution in [-0.2, 0) is 16.0 Å². The van der Waals surface area contributed by atoms with Gasteiger partial charge in [-0.1, -0.05) is 0 Å². The van der Waals surface area contributed by atoms with E-state index in [2.05, 4.69) is 10.2 Å². The molecule has 2 aliphatic heterocycles. The van der Waals surface area contributed by atoms with Crippen molar-refractivity contribution in [2.75, 3.05) is 25.0 Å². The lowest BCUT2D eigenvalue weighted by atomic mass is 9.59. The van der Waals surface area contributed by atoms with Crippen molar-refractivity contribution < 1.29 is 39.2 Å². The molecule has 5 aliphatic rings. The van der Waals surface area contributed by atoms with Crippen LogP contribution in [-0.4, -0.2) is 74.1 Å². The van der Waals surface area contributed by atoms with Gasteiger partial charge in [0.2, 0.25) is 5.78 Å². The number of phenolic OH excluding ortho intramolecular Hbond substituents is 1. The first-order valence-electron chi connectivity index (χ1n) is 12.8. The zero-order valence-corrected chi connectivity index (χ0v) is 20.5. The smallest absolute Gasteiger partial charge is 0.255 e. The number of rotatable bonds is 2. The molecule has 3 aliphatic carbocycles. The molecule has 1 aromatic carbocycles. The van der Waals surface area contributed by atoms with Crippen molar-refractivity contribution in [3.63, 3.8) is 0 Å². The number of hydrogen-bond acceptors (Lipinski definition) is 10. The van der Waals surface area contributed by atoms with Crippen molar-refractivity contribution >= 4 is 23.2 Å². The van der Waals surface area contributed by atoms with Crippen LogP contribution in [0.25, 0.3) is 0 Å². The number of aliphatic hydroxyl groups excluding tert-OH is 2. The van der Waals surface area contributed by atoms with E-state index < -0.39 is 69.6 Å². The van der Waals surface area contributed by atoms with Crippen LogP contribution < -0.4 is 16.8 Å². The van der Waals surface area contributed by atoms with Crippen LogP contribution in [0.1, 0.15) is 53.2 Å². The minimum absolute atomic E-state index is 0.000525. The maximum atomic E-state index is 16.3. The highest BCUT2D eigenvalue weighted by molar-refractivity contribution is 6.24. The van der Waals surface area contributed by atoms with Crippen LogP contribution in [0, 0.1) is 17.7 Å². The number of amides is 1. The Morgan fingerprint density at radius 3 is 2.50 bits per heavy atom. The SMILES string of the molecule is NC(=O)C1=C(O)[C@@H](N)[C@@H]2C[C@@H]3Cc4c(F)c5c(c(O)c4C(=O)C3=C(O)[C@]2(O)C1=O)NCCC5N1CCCC1. The number of aromatic hydroxyl groups is 1. The number of halogens is 1. The second kappa shape index (κ2) is 8.26. The minimum Gasteiger partial charge on any atom is -0.510 e. The second-order valence-electron chi connectivity index (χ2n) is 10.9. The third kappa shape index (κ3) is 3.01. The molecule has 6 rings (SSSR count). The summed E-state index contributed by atoms with van der Waals surface area (Å²) < 4.78 is 16.3. The summed E-state index contributed by atoms with van der Waals surface area (Å²) in [6, 6.07) is -1.72. The van der Waals surface area contributed by atoms with E-state index in [1.54, 1.807) is 0 Å². The summed E-state index contributed by atoms with van der Waals surface area (Å²) in [5.41, 5.74) is 7.30. The van der Waals surface area contributed by atoms with Crippen LogP contribution in [0.15, 0.2) is 22.7 Å². The number of primary amides is 1. The Morgan fingerprint density at radius 1 is 1.16 bits per heavy atom. The van der Waals surface area contributed by atoms with Crippen molar-refractivity contribution in [3.8, 4) is 5.75 Å². The summed E-state index contributed by atoms with van der Waals surface area (Å²) in [6.07, 6.45) is 2.34. The number of hydrogen-bond donors (Lipinski definition) is 7. The van der Waals surface area contributed by atoms with Gasteiger partial charge >= 0.3 is 0 Å². The number of nitrogens with one attached hydrogen (secondary N) is 1. The van der Waals surface area contributed by atoms with Crippen LogP contribution in [0.3, 0.4) is 0 Å². The van der Waals surface area contributed by atoms with Gasteiger partial charge in [0.1, 0.15) is 22.9 Å². The first-order chi connectivity index (χ1) is 18.0. The van der Waals surface area contributed by atoms with E-state index in [1.165, 1.54) is 0 Å². The average molecular weight is 529 g/mol. The summed E-state index contributed by atoms with van der Waals surface area (Å²) in [7, 11) is 0. The Morgan fingerprint density at radius 2 is 1.84 bits per heavy atom. The third-order valence-corrected chi connectivity index (χ3v) is 9.03. The molecule has 1 fully saturated rings. The number of allylic oxidation sites excluding steroid dienone is 1. The predicted molar refractivity (Wildman–Crippen MR) is 131 cm³/mol. The van der Waals surface area contributed by atoms with Crippen molar-refractivity contribution in [1.82, 2.24) is 4.90 Å². The zero-order chi connectivity index (χ0) is 27.3. The van der Waals surface area contributed by atoms with E-state index in [4.69, 9.17) is 11.5 Å². The number of nitrogens with zero attached hydrogens (tertiary/aromatic N) is 1. The topological polar surface area (TPSA) is 199 Å². The molecule has 1 amide bonds. The normalized spacial score (nSPS) is 32.9. The molecule has 11 nitrogen and oxygen atoms in total. The lowest BCUT2D eigenvalue weighted by molar-refractivity contribution is -0.145. The van der Waals surface area contributed by atoms with Gasteiger partial charge in [0, 0.05) is 35.2 Å². The molecule has 5 atom stereocenters. The molecule has 0 saturated carbocycles. The molecule has 202 valence electrons. The van der Waals surface area contributed by atoms with Crippen molar-refractivity contribution in [2.24, 2.45) is 23.3 Å². The Bertz CT molecular complexity index is 1380. The van der Waals surface area contributed by atoms with E-state index in [9.17, 15) is 34.8 Å². The predicted octanol–water partition coefficient (Wildman–Crippen LogP) is 0.609. The number of nitrogens with two attached hydrogens (primary N) is 2. The number of anilines is 1. The molecule has 1 aromatic rings. The van der Waals surface area contributed by atoms with Gasteiger partial charge in [-0.15, -0.1) is 0 Å². The quantitative estimate of drug-likeness (QED) is 0.211.